The lowest BCUT2D eigenvalue weighted by Gasteiger charge is -2.73. The van der Waals surface area contributed by atoms with Gasteiger partial charge in [0.1, 0.15) is 0 Å². The highest BCUT2D eigenvalue weighted by molar-refractivity contribution is 5.22. The zero-order valence-corrected chi connectivity index (χ0v) is 21.9. The van der Waals surface area contributed by atoms with Gasteiger partial charge in [-0.05, 0) is 121 Å². The zero-order valence-electron chi connectivity index (χ0n) is 21.9. The fourth-order valence-electron chi connectivity index (χ4n) is 11.3. The zero-order chi connectivity index (χ0) is 22.6. The molecule has 4 saturated carbocycles. The summed E-state index contributed by atoms with van der Waals surface area (Å²) in [5, 5.41) is 10.9. The van der Waals surface area contributed by atoms with E-state index in [2.05, 4.69) is 61.5 Å². The maximum Gasteiger partial charge on any atom is 0.0594 e. The van der Waals surface area contributed by atoms with Gasteiger partial charge in [-0.25, -0.2) is 0 Å². The van der Waals surface area contributed by atoms with Gasteiger partial charge < -0.3 is 5.11 Å². The van der Waals surface area contributed by atoms with Gasteiger partial charge >= 0.3 is 0 Å². The molecule has 0 aromatic rings. The summed E-state index contributed by atoms with van der Waals surface area (Å²) in [5.41, 5.74) is 3.58. The van der Waals surface area contributed by atoms with E-state index in [0.29, 0.717) is 27.6 Å². The molecule has 10 atom stereocenters. The Hall–Kier alpha value is -0.300. The first-order valence-corrected chi connectivity index (χ1v) is 13.7. The van der Waals surface area contributed by atoms with Crippen LogP contribution in [-0.4, -0.2) is 11.2 Å². The molecule has 1 nitrogen and oxygen atoms in total. The molecule has 0 spiro atoms. The number of fused-ring (bicyclic) bond motifs is 7. The molecule has 0 unspecified atom stereocenters. The van der Waals surface area contributed by atoms with E-state index in [-0.39, 0.29) is 11.5 Å². The van der Waals surface area contributed by atoms with Gasteiger partial charge in [0.2, 0.25) is 0 Å². The number of allylic oxidation sites excluding steroid dienone is 2. The summed E-state index contributed by atoms with van der Waals surface area (Å²) < 4.78 is 0. The van der Waals surface area contributed by atoms with Crippen molar-refractivity contribution in [2.45, 2.75) is 119 Å². The van der Waals surface area contributed by atoms with E-state index in [9.17, 15) is 5.11 Å². The Bertz CT molecular complexity index is 779. The number of aliphatic hydroxyl groups excluding tert-OH is 1. The molecule has 5 rings (SSSR count). The van der Waals surface area contributed by atoms with Gasteiger partial charge in [-0.15, -0.1) is 0 Å². The number of rotatable bonds is 0. The van der Waals surface area contributed by atoms with Crippen molar-refractivity contribution >= 4 is 0 Å². The molecule has 0 aliphatic heterocycles. The third-order valence-corrected chi connectivity index (χ3v) is 13.5. The van der Waals surface area contributed by atoms with Crippen molar-refractivity contribution in [3.05, 3.63) is 11.6 Å². The van der Waals surface area contributed by atoms with E-state index in [0.717, 1.165) is 30.1 Å². The van der Waals surface area contributed by atoms with Crippen LogP contribution in [0.15, 0.2) is 11.6 Å². The molecule has 0 bridgehead atoms. The van der Waals surface area contributed by atoms with Crippen molar-refractivity contribution in [3.8, 4) is 0 Å². The Labute approximate surface area is 192 Å². The molecular formula is C30H50O. The van der Waals surface area contributed by atoms with E-state index in [1.54, 1.807) is 5.57 Å². The molecule has 1 N–H and O–H groups in total. The van der Waals surface area contributed by atoms with Crippen molar-refractivity contribution in [3.63, 3.8) is 0 Å². The van der Waals surface area contributed by atoms with Gasteiger partial charge in [0.05, 0.1) is 6.10 Å². The molecule has 1 heteroatoms. The maximum atomic E-state index is 10.9. The van der Waals surface area contributed by atoms with Crippen LogP contribution >= 0.6 is 0 Å². The average molecular weight is 427 g/mol. The first-order valence-electron chi connectivity index (χ1n) is 13.7. The molecule has 176 valence electrons. The summed E-state index contributed by atoms with van der Waals surface area (Å²) in [5.74, 6) is 4.00. The predicted molar refractivity (Wildman–Crippen MR) is 131 cm³/mol. The van der Waals surface area contributed by atoms with Crippen molar-refractivity contribution < 1.29 is 5.11 Å². The molecule has 0 aromatic carbocycles. The normalized spacial score (nSPS) is 58.3. The molecule has 5 aliphatic rings. The van der Waals surface area contributed by atoms with Crippen molar-refractivity contribution in [1.29, 1.82) is 0 Å². The molecule has 5 aliphatic carbocycles. The molecule has 0 radical (unpaired) electrons. The lowest BCUT2D eigenvalue weighted by Crippen LogP contribution is -2.67. The van der Waals surface area contributed by atoms with Gasteiger partial charge in [0, 0.05) is 0 Å². The molecule has 31 heavy (non-hydrogen) atoms. The summed E-state index contributed by atoms with van der Waals surface area (Å²) >= 11 is 0. The monoisotopic (exact) mass is 426 g/mol. The summed E-state index contributed by atoms with van der Waals surface area (Å²) in [6.45, 7) is 20.5. The largest absolute Gasteiger partial charge is 0.393 e. The van der Waals surface area contributed by atoms with Crippen LogP contribution in [0.3, 0.4) is 0 Å². The topological polar surface area (TPSA) is 20.2 Å². The van der Waals surface area contributed by atoms with Crippen LogP contribution < -0.4 is 0 Å². The van der Waals surface area contributed by atoms with E-state index in [4.69, 9.17) is 0 Å². The van der Waals surface area contributed by atoms with Crippen LogP contribution in [0.4, 0.5) is 0 Å². The minimum Gasteiger partial charge on any atom is -0.393 e. The third-order valence-electron chi connectivity index (χ3n) is 13.5. The highest BCUT2D eigenvalue weighted by atomic mass is 16.3. The SMILES string of the molecule is CC1=CC[C@]2(C)CC[C@]3(C)[C@H](CC[C@@H]4[C@@]5(C)CC[C@@H](O)C(C)(C)[C@@H]5CC[C@]43C)[C@H]2[C@@H]1C. The van der Waals surface area contributed by atoms with Crippen LogP contribution in [0.25, 0.3) is 0 Å². The Kier molecular flexibility index (Phi) is 4.82. The van der Waals surface area contributed by atoms with E-state index in [1.165, 1.54) is 51.4 Å². The maximum absolute atomic E-state index is 10.9. The van der Waals surface area contributed by atoms with Gasteiger partial charge in [0.25, 0.3) is 0 Å². The molecule has 0 amide bonds. The average Bonchev–Trinajstić information content (AvgIpc) is 2.69. The highest BCUT2D eigenvalue weighted by Gasteiger charge is 2.69. The molecule has 0 saturated heterocycles. The minimum atomic E-state index is -0.116. The summed E-state index contributed by atoms with van der Waals surface area (Å²) in [6.07, 6.45) is 14.5. The highest BCUT2D eigenvalue weighted by Crippen LogP contribution is 2.76. The van der Waals surface area contributed by atoms with Gasteiger partial charge in [-0.3, -0.25) is 0 Å². The van der Waals surface area contributed by atoms with Gasteiger partial charge in [-0.2, -0.15) is 0 Å². The fourth-order valence-corrected chi connectivity index (χ4v) is 11.3. The van der Waals surface area contributed by atoms with E-state index < -0.39 is 0 Å². The molecular weight excluding hydrogens is 376 g/mol. The molecule has 0 aromatic heterocycles. The second kappa shape index (κ2) is 6.64. The summed E-state index contributed by atoms with van der Waals surface area (Å²) in [4.78, 5) is 0. The van der Waals surface area contributed by atoms with Crippen LogP contribution in [0.2, 0.25) is 0 Å². The smallest absolute Gasteiger partial charge is 0.0594 e. The first kappa shape index (κ1) is 22.5. The third kappa shape index (κ3) is 2.65. The number of aliphatic hydroxyl groups is 1. The quantitative estimate of drug-likeness (QED) is 0.389. The first-order chi connectivity index (χ1) is 14.3. The van der Waals surface area contributed by atoms with Crippen LogP contribution in [0.5, 0.6) is 0 Å². The molecule has 4 fully saturated rings. The second-order valence-electron chi connectivity index (χ2n) is 14.7. The predicted octanol–water partition coefficient (Wildman–Crippen LogP) is 8.02. The fraction of sp³-hybridized carbons (Fsp3) is 0.933. The van der Waals surface area contributed by atoms with Gasteiger partial charge in [-0.1, -0.05) is 60.1 Å². The Morgan fingerprint density at radius 2 is 1.52 bits per heavy atom. The summed E-state index contributed by atoms with van der Waals surface area (Å²) in [6, 6.07) is 0. The van der Waals surface area contributed by atoms with Crippen LogP contribution in [0.1, 0.15) is 113 Å². The number of hydrogen-bond acceptors (Lipinski definition) is 1. The van der Waals surface area contributed by atoms with E-state index in [1.807, 2.05) is 0 Å². The number of hydrogen-bond donors (Lipinski definition) is 1. The van der Waals surface area contributed by atoms with Crippen molar-refractivity contribution in [2.24, 2.45) is 56.7 Å². The lowest BCUT2D eigenvalue weighted by atomic mass is 9.31. The van der Waals surface area contributed by atoms with Crippen molar-refractivity contribution in [1.82, 2.24) is 0 Å². The Morgan fingerprint density at radius 3 is 2.23 bits per heavy atom. The Balaban J connectivity index is 1.55. The standard InChI is InChI=1S/C30H50O/c1-19-11-14-27(5)17-18-29(7)21(25(27)20(19)2)9-10-23-28(6)15-13-24(31)26(3,4)22(28)12-16-30(23,29)8/h11,20-25,31H,9-10,12-18H2,1-8H3/t20-,21-,22+,23-,24-,25-,27-,28+,29-,30-/m1/s1. The van der Waals surface area contributed by atoms with E-state index >= 15 is 0 Å². The lowest BCUT2D eigenvalue weighted by molar-refractivity contribution is -0.250. The summed E-state index contributed by atoms with van der Waals surface area (Å²) in [7, 11) is 0. The van der Waals surface area contributed by atoms with Crippen LogP contribution in [-0.2, 0) is 0 Å². The Morgan fingerprint density at radius 1 is 0.806 bits per heavy atom. The van der Waals surface area contributed by atoms with Gasteiger partial charge in [0.15, 0.2) is 0 Å². The second-order valence-corrected chi connectivity index (χ2v) is 14.7. The molecule has 0 heterocycles. The van der Waals surface area contributed by atoms with Crippen LogP contribution in [0, 0.1) is 56.7 Å². The van der Waals surface area contributed by atoms with Crippen molar-refractivity contribution in [2.75, 3.05) is 0 Å². The minimum absolute atomic E-state index is 0.0665.